The lowest BCUT2D eigenvalue weighted by Crippen LogP contribution is -2.14. The van der Waals surface area contributed by atoms with Gasteiger partial charge in [0, 0.05) is 17.6 Å². The van der Waals surface area contributed by atoms with Gasteiger partial charge in [0.05, 0.1) is 0 Å². The fourth-order valence-electron chi connectivity index (χ4n) is 2.47. The first kappa shape index (κ1) is 11.7. The summed E-state index contributed by atoms with van der Waals surface area (Å²) in [6.07, 6.45) is 0.788. The third-order valence-corrected chi connectivity index (χ3v) is 3.76. The van der Waals surface area contributed by atoms with E-state index in [1.165, 1.54) is 23.3 Å². The number of fused-ring (bicyclic) bond motifs is 1. The van der Waals surface area contributed by atoms with Gasteiger partial charge in [-0.1, -0.05) is 41.9 Å². The molecule has 0 amide bonds. The van der Waals surface area contributed by atoms with Crippen LogP contribution in [0.5, 0.6) is 0 Å². The summed E-state index contributed by atoms with van der Waals surface area (Å²) >= 11 is 6.07. The molecule has 1 unspecified atom stereocenters. The summed E-state index contributed by atoms with van der Waals surface area (Å²) in [5.74, 6) is -0.288. The van der Waals surface area contributed by atoms with E-state index in [1.54, 1.807) is 6.07 Å². The number of hydrogen-bond acceptors (Lipinski definition) is 1. The minimum absolute atomic E-state index is 0.268. The number of halogens is 2. The summed E-state index contributed by atoms with van der Waals surface area (Å²) in [6.45, 7) is 0.889. The maximum atomic E-state index is 13.0. The van der Waals surface area contributed by atoms with Crippen LogP contribution in [0, 0.1) is 5.82 Å². The average Bonchev–Trinajstić information content (AvgIpc) is 2.76. The van der Waals surface area contributed by atoms with Crippen molar-refractivity contribution in [3.8, 4) is 0 Å². The largest absolute Gasteiger partial charge is 0.306 e. The molecule has 0 radical (unpaired) electrons. The Labute approximate surface area is 111 Å². The van der Waals surface area contributed by atoms with Gasteiger partial charge in [0.15, 0.2) is 0 Å². The molecule has 1 atom stereocenters. The second-order valence-corrected chi connectivity index (χ2v) is 4.98. The lowest BCUT2D eigenvalue weighted by molar-refractivity contribution is 0.579. The molecule has 1 N–H and O–H groups in total. The summed E-state index contributed by atoms with van der Waals surface area (Å²) in [4.78, 5) is 0. The fraction of sp³-hybridized carbons (Fsp3) is 0.200. The van der Waals surface area contributed by atoms with E-state index in [0.717, 1.165) is 18.5 Å². The summed E-state index contributed by atoms with van der Waals surface area (Å²) in [7, 11) is 0. The van der Waals surface area contributed by atoms with Gasteiger partial charge >= 0.3 is 0 Å². The monoisotopic (exact) mass is 261 g/mol. The van der Waals surface area contributed by atoms with Crippen LogP contribution in [-0.2, 0) is 13.0 Å². The Balaban J connectivity index is 1.86. The van der Waals surface area contributed by atoms with Gasteiger partial charge in [0.25, 0.3) is 0 Å². The van der Waals surface area contributed by atoms with Crippen molar-refractivity contribution in [2.45, 2.75) is 19.0 Å². The highest BCUT2D eigenvalue weighted by Gasteiger charge is 2.22. The van der Waals surface area contributed by atoms with Crippen molar-refractivity contribution >= 4 is 11.6 Å². The van der Waals surface area contributed by atoms with Crippen molar-refractivity contribution in [2.24, 2.45) is 0 Å². The molecule has 0 aromatic heterocycles. The van der Waals surface area contributed by atoms with Gasteiger partial charge < -0.3 is 5.32 Å². The zero-order valence-corrected chi connectivity index (χ0v) is 10.5. The molecule has 0 fully saturated rings. The molecule has 2 aromatic rings. The molecule has 1 aliphatic heterocycles. The molecule has 0 saturated heterocycles. The molecule has 1 aliphatic rings. The van der Waals surface area contributed by atoms with E-state index in [9.17, 15) is 4.39 Å². The number of hydrogen-bond donors (Lipinski definition) is 1. The molecule has 18 heavy (non-hydrogen) atoms. The Hall–Kier alpha value is -1.38. The van der Waals surface area contributed by atoms with Crippen LogP contribution in [0.2, 0.25) is 5.02 Å². The van der Waals surface area contributed by atoms with Gasteiger partial charge in [0.1, 0.15) is 5.82 Å². The van der Waals surface area contributed by atoms with Gasteiger partial charge in [-0.3, -0.25) is 0 Å². The number of rotatable bonds is 2. The van der Waals surface area contributed by atoms with Crippen LogP contribution >= 0.6 is 11.6 Å². The molecule has 2 aromatic carbocycles. The lowest BCUT2D eigenvalue weighted by Gasteiger charge is -2.13. The van der Waals surface area contributed by atoms with E-state index in [2.05, 4.69) is 17.4 Å². The van der Waals surface area contributed by atoms with Crippen LogP contribution < -0.4 is 5.32 Å². The molecule has 92 valence electrons. The first-order valence-electron chi connectivity index (χ1n) is 5.99. The molecule has 0 aliphatic carbocycles. The Morgan fingerprint density at radius 3 is 2.89 bits per heavy atom. The second kappa shape index (κ2) is 4.71. The average molecular weight is 262 g/mol. The van der Waals surface area contributed by atoms with Crippen molar-refractivity contribution in [1.82, 2.24) is 5.32 Å². The van der Waals surface area contributed by atoms with Crippen molar-refractivity contribution in [3.63, 3.8) is 0 Å². The van der Waals surface area contributed by atoms with Crippen LogP contribution in [0.15, 0.2) is 42.5 Å². The topological polar surface area (TPSA) is 12.0 Å². The summed E-state index contributed by atoms with van der Waals surface area (Å²) < 4.78 is 13.0. The predicted molar refractivity (Wildman–Crippen MR) is 71.1 cm³/mol. The molecule has 3 heteroatoms. The highest BCUT2D eigenvalue weighted by atomic mass is 35.5. The second-order valence-electron chi connectivity index (χ2n) is 4.57. The number of benzene rings is 2. The molecular formula is C15H13ClFN. The van der Waals surface area contributed by atoms with Gasteiger partial charge in [-0.05, 0) is 35.2 Å². The van der Waals surface area contributed by atoms with Gasteiger partial charge in [0.2, 0.25) is 0 Å². The maximum Gasteiger partial charge on any atom is 0.124 e. The quantitative estimate of drug-likeness (QED) is 0.865. The Morgan fingerprint density at radius 1 is 1.22 bits per heavy atom. The summed E-state index contributed by atoms with van der Waals surface area (Å²) in [6, 6.07) is 13.2. The summed E-state index contributed by atoms with van der Waals surface area (Å²) in [5.41, 5.74) is 3.63. The van der Waals surface area contributed by atoms with E-state index >= 15 is 0 Å². The van der Waals surface area contributed by atoms with Gasteiger partial charge in [-0.2, -0.15) is 0 Å². The Morgan fingerprint density at radius 2 is 2.06 bits per heavy atom. The molecule has 1 heterocycles. The van der Waals surface area contributed by atoms with E-state index in [4.69, 9.17) is 11.6 Å². The van der Waals surface area contributed by atoms with Crippen LogP contribution in [-0.4, -0.2) is 0 Å². The third-order valence-electron chi connectivity index (χ3n) is 3.41. The third kappa shape index (κ3) is 2.14. The van der Waals surface area contributed by atoms with Crippen molar-refractivity contribution in [3.05, 3.63) is 70.0 Å². The normalized spacial score (nSPS) is 17.8. The Kier molecular flexibility index (Phi) is 3.06. The van der Waals surface area contributed by atoms with Gasteiger partial charge in [-0.25, -0.2) is 4.39 Å². The minimum atomic E-state index is -0.288. The van der Waals surface area contributed by atoms with Crippen LogP contribution in [0.3, 0.4) is 0 Å². The zero-order chi connectivity index (χ0) is 12.5. The lowest BCUT2D eigenvalue weighted by atomic mass is 9.99. The Bertz CT molecular complexity index is 582. The van der Waals surface area contributed by atoms with Crippen LogP contribution in [0.4, 0.5) is 4.39 Å². The first-order valence-corrected chi connectivity index (χ1v) is 6.37. The molecular weight excluding hydrogens is 249 g/mol. The van der Waals surface area contributed by atoms with E-state index in [0.29, 0.717) is 5.02 Å². The molecule has 0 bridgehead atoms. The highest BCUT2D eigenvalue weighted by Crippen LogP contribution is 2.30. The van der Waals surface area contributed by atoms with Crippen molar-refractivity contribution in [2.75, 3.05) is 0 Å². The van der Waals surface area contributed by atoms with Gasteiger partial charge in [-0.15, -0.1) is 0 Å². The van der Waals surface area contributed by atoms with Crippen molar-refractivity contribution < 1.29 is 4.39 Å². The fourth-order valence-corrected chi connectivity index (χ4v) is 2.71. The maximum absolute atomic E-state index is 13.0. The predicted octanol–water partition coefficient (Wildman–Crippen LogP) is 3.87. The van der Waals surface area contributed by atoms with E-state index < -0.39 is 0 Å². The molecule has 3 rings (SSSR count). The van der Waals surface area contributed by atoms with Crippen molar-refractivity contribution in [1.29, 1.82) is 0 Å². The molecule has 0 spiro atoms. The minimum Gasteiger partial charge on any atom is -0.306 e. The van der Waals surface area contributed by atoms with Crippen LogP contribution in [0.25, 0.3) is 0 Å². The summed E-state index contributed by atoms with van der Waals surface area (Å²) in [5, 5.41) is 3.96. The van der Waals surface area contributed by atoms with E-state index in [-0.39, 0.29) is 11.9 Å². The molecule has 0 saturated carbocycles. The first-order chi connectivity index (χ1) is 8.74. The zero-order valence-electron chi connectivity index (χ0n) is 9.79. The standard InChI is InChI=1S/C15H13ClFN/c16-14-8-12(17)6-5-10(14)7-15-13-4-2-1-3-11(13)9-18-15/h1-6,8,15,18H,7,9H2. The number of nitrogens with one attached hydrogen (secondary N) is 1. The SMILES string of the molecule is Fc1ccc(CC2NCc3ccccc32)c(Cl)c1. The smallest absolute Gasteiger partial charge is 0.124 e. The molecule has 1 nitrogen and oxygen atoms in total. The highest BCUT2D eigenvalue weighted by molar-refractivity contribution is 6.31. The van der Waals surface area contributed by atoms with Crippen LogP contribution in [0.1, 0.15) is 22.7 Å². The van der Waals surface area contributed by atoms with E-state index in [1.807, 2.05) is 12.1 Å².